The molecule has 0 spiro atoms. The Kier molecular flexibility index (Phi) is 13.3. The first kappa shape index (κ1) is 26.9. The lowest BCUT2D eigenvalue weighted by Gasteiger charge is -2.35. The zero-order chi connectivity index (χ0) is 21.1. The quantitative estimate of drug-likeness (QED) is 0.216. The SMILES string of the molecule is CN=C(NCC(c1ccc(OC)cc1)N(C)C)N1CCC(OCCCOC)CC1.I. The Labute approximate surface area is 199 Å². The monoisotopic (exact) mass is 534 g/mol. The minimum atomic E-state index is 0. The summed E-state index contributed by atoms with van der Waals surface area (Å²) in [5, 5.41) is 3.57. The van der Waals surface area contributed by atoms with Crippen LogP contribution in [0.5, 0.6) is 5.75 Å². The van der Waals surface area contributed by atoms with Crippen LogP contribution in [-0.2, 0) is 9.47 Å². The van der Waals surface area contributed by atoms with E-state index >= 15 is 0 Å². The zero-order valence-corrected chi connectivity index (χ0v) is 21.4. The van der Waals surface area contributed by atoms with E-state index < -0.39 is 0 Å². The summed E-state index contributed by atoms with van der Waals surface area (Å²) in [6, 6.07) is 8.52. The summed E-state index contributed by atoms with van der Waals surface area (Å²) in [6.45, 7) is 4.25. The maximum atomic E-state index is 5.97. The second-order valence-corrected chi connectivity index (χ2v) is 7.58. The molecule has 1 aliphatic rings. The Morgan fingerprint density at radius 1 is 1.17 bits per heavy atom. The van der Waals surface area contributed by atoms with Gasteiger partial charge in [-0.1, -0.05) is 12.1 Å². The fourth-order valence-electron chi connectivity index (χ4n) is 3.63. The molecule has 1 saturated heterocycles. The molecule has 1 atom stereocenters. The molecule has 1 aliphatic heterocycles. The number of likely N-dealkylation sites (tertiary alicyclic amines) is 1. The lowest BCUT2D eigenvalue weighted by molar-refractivity contribution is 0.00987. The average molecular weight is 534 g/mol. The first-order valence-electron chi connectivity index (χ1n) is 10.5. The van der Waals surface area contributed by atoms with Gasteiger partial charge in [-0.2, -0.15) is 0 Å². The van der Waals surface area contributed by atoms with Gasteiger partial charge in [0.25, 0.3) is 0 Å². The molecule has 1 heterocycles. The van der Waals surface area contributed by atoms with E-state index in [2.05, 4.69) is 46.3 Å². The molecule has 30 heavy (non-hydrogen) atoms. The van der Waals surface area contributed by atoms with E-state index in [1.807, 2.05) is 19.2 Å². The van der Waals surface area contributed by atoms with E-state index in [-0.39, 0.29) is 30.0 Å². The number of rotatable bonds is 10. The molecule has 1 N–H and O–H groups in total. The number of guanidine groups is 1. The molecule has 1 unspecified atom stereocenters. The van der Waals surface area contributed by atoms with E-state index in [9.17, 15) is 0 Å². The minimum Gasteiger partial charge on any atom is -0.497 e. The summed E-state index contributed by atoms with van der Waals surface area (Å²) >= 11 is 0. The van der Waals surface area contributed by atoms with E-state index in [1.165, 1.54) is 5.56 Å². The van der Waals surface area contributed by atoms with Gasteiger partial charge in [0.2, 0.25) is 0 Å². The van der Waals surface area contributed by atoms with Crippen LogP contribution < -0.4 is 10.1 Å². The zero-order valence-electron chi connectivity index (χ0n) is 19.1. The molecule has 0 saturated carbocycles. The van der Waals surface area contributed by atoms with Gasteiger partial charge in [-0.05, 0) is 51.1 Å². The predicted molar refractivity (Wildman–Crippen MR) is 133 cm³/mol. The number of nitrogens with one attached hydrogen (secondary N) is 1. The van der Waals surface area contributed by atoms with E-state index in [4.69, 9.17) is 14.2 Å². The molecule has 0 amide bonds. The number of likely N-dealkylation sites (N-methyl/N-ethyl adjacent to an activating group) is 1. The van der Waals surface area contributed by atoms with Gasteiger partial charge in [0.1, 0.15) is 5.75 Å². The van der Waals surface area contributed by atoms with Crippen LogP contribution in [0, 0.1) is 0 Å². The topological polar surface area (TPSA) is 58.6 Å². The molecule has 0 aromatic heterocycles. The molecule has 1 aromatic rings. The highest BCUT2D eigenvalue weighted by Gasteiger charge is 2.23. The maximum absolute atomic E-state index is 5.97. The van der Waals surface area contributed by atoms with Crippen molar-refractivity contribution < 1.29 is 14.2 Å². The number of hydrogen-bond acceptors (Lipinski definition) is 5. The van der Waals surface area contributed by atoms with Gasteiger partial charge >= 0.3 is 0 Å². The summed E-state index contributed by atoms with van der Waals surface area (Å²) in [5.41, 5.74) is 1.25. The van der Waals surface area contributed by atoms with Crippen molar-refractivity contribution in [3.63, 3.8) is 0 Å². The van der Waals surface area contributed by atoms with Crippen LogP contribution in [0.2, 0.25) is 0 Å². The Morgan fingerprint density at radius 3 is 2.37 bits per heavy atom. The van der Waals surface area contributed by atoms with Crippen LogP contribution in [-0.4, -0.2) is 90.1 Å². The van der Waals surface area contributed by atoms with Gasteiger partial charge in [-0.3, -0.25) is 4.99 Å². The van der Waals surface area contributed by atoms with Crippen LogP contribution in [0.3, 0.4) is 0 Å². The highest BCUT2D eigenvalue weighted by Crippen LogP contribution is 2.21. The van der Waals surface area contributed by atoms with Crippen molar-refractivity contribution in [1.82, 2.24) is 15.1 Å². The summed E-state index contributed by atoms with van der Waals surface area (Å²) in [4.78, 5) is 9.06. The summed E-state index contributed by atoms with van der Waals surface area (Å²) in [5.74, 6) is 1.84. The smallest absolute Gasteiger partial charge is 0.193 e. The Morgan fingerprint density at radius 2 is 1.83 bits per heavy atom. The molecule has 0 bridgehead atoms. The number of methoxy groups -OCH3 is 2. The van der Waals surface area contributed by atoms with Gasteiger partial charge in [-0.15, -0.1) is 24.0 Å². The van der Waals surface area contributed by atoms with Crippen molar-refractivity contribution in [2.45, 2.75) is 31.4 Å². The fourth-order valence-corrected chi connectivity index (χ4v) is 3.63. The van der Waals surface area contributed by atoms with Crippen LogP contribution in [0.25, 0.3) is 0 Å². The van der Waals surface area contributed by atoms with Gasteiger partial charge < -0.3 is 29.3 Å². The molecule has 0 radical (unpaired) electrons. The average Bonchev–Trinajstić information content (AvgIpc) is 2.75. The lowest BCUT2D eigenvalue weighted by Crippen LogP contribution is -2.48. The van der Waals surface area contributed by atoms with Crippen molar-refractivity contribution >= 4 is 29.9 Å². The third-order valence-corrected chi connectivity index (χ3v) is 5.38. The number of hydrogen-bond donors (Lipinski definition) is 1. The number of benzene rings is 1. The molecule has 8 heteroatoms. The molecule has 7 nitrogen and oxygen atoms in total. The molecule has 1 fully saturated rings. The highest BCUT2D eigenvalue weighted by molar-refractivity contribution is 14.0. The highest BCUT2D eigenvalue weighted by atomic mass is 127. The second kappa shape index (κ2) is 14.8. The number of ether oxygens (including phenoxy) is 3. The minimum absolute atomic E-state index is 0. The van der Waals surface area contributed by atoms with Crippen LogP contribution >= 0.6 is 24.0 Å². The first-order chi connectivity index (χ1) is 14.1. The predicted octanol–water partition coefficient (Wildman–Crippen LogP) is 3.01. The normalized spacial score (nSPS) is 16.3. The second-order valence-electron chi connectivity index (χ2n) is 7.58. The number of halogens is 1. The molecule has 172 valence electrons. The van der Waals surface area contributed by atoms with Crippen LogP contribution in [0.4, 0.5) is 0 Å². The number of nitrogens with zero attached hydrogens (tertiary/aromatic N) is 3. The number of aliphatic imine (C=N–C) groups is 1. The van der Waals surface area contributed by atoms with Crippen LogP contribution in [0.1, 0.15) is 30.9 Å². The van der Waals surface area contributed by atoms with Gasteiger partial charge in [-0.25, -0.2) is 0 Å². The van der Waals surface area contributed by atoms with Gasteiger partial charge in [0, 0.05) is 47.0 Å². The van der Waals surface area contributed by atoms with E-state index in [0.29, 0.717) is 6.10 Å². The summed E-state index contributed by atoms with van der Waals surface area (Å²) in [7, 11) is 9.48. The van der Waals surface area contributed by atoms with Gasteiger partial charge in [0.05, 0.1) is 19.3 Å². The third-order valence-electron chi connectivity index (χ3n) is 5.38. The maximum Gasteiger partial charge on any atom is 0.193 e. The number of piperidine rings is 1. The lowest BCUT2D eigenvalue weighted by atomic mass is 10.1. The molecular weight excluding hydrogens is 495 g/mol. The Hall–Kier alpha value is -1.10. The van der Waals surface area contributed by atoms with Gasteiger partial charge in [0.15, 0.2) is 5.96 Å². The summed E-state index contributed by atoms with van der Waals surface area (Å²) in [6.07, 6.45) is 3.36. The Balaban J connectivity index is 0.00000450. The molecule has 2 rings (SSSR count). The largest absolute Gasteiger partial charge is 0.497 e. The summed E-state index contributed by atoms with van der Waals surface area (Å²) < 4.78 is 16.3. The van der Waals surface area contributed by atoms with Crippen molar-refractivity contribution in [1.29, 1.82) is 0 Å². The van der Waals surface area contributed by atoms with E-state index in [1.54, 1.807) is 14.2 Å². The third kappa shape index (κ3) is 8.56. The molecular formula is C22H39IN4O3. The van der Waals surface area contributed by atoms with Crippen molar-refractivity contribution in [2.75, 3.05) is 68.2 Å². The van der Waals surface area contributed by atoms with Crippen molar-refractivity contribution in [2.24, 2.45) is 4.99 Å². The fraction of sp³-hybridized carbons (Fsp3) is 0.682. The van der Waals surface area contributed by atoms with Crippen molar-refractivity contribution in [3.8, 4) is 5.75 Å². The first-order valence-corrected chi connectivity index (χ1v) is 10.5. The standard InChI is InChI=1S/C22H38N4O3.HI/c1-23-22(26-13-11-20(12-14-26)29-16-6-15-27-4)24-17-21(25(2)3)18-7-9-19(28-5)10-8-18;/h7-10,20-21H,6,11-17H2,1-5H3,(H,23,24);1H. The van der Waals surface area contributed by atoms with E-state index in [0.717, 1.165) is 63.8 Å². The molecule has 0 aliphatic carbocycles. The molecule has 1 aromatic carbocycles. The van der Waals surface area contributed by atoms with Crippen LogP contribution in [0.15, 0.2) is 29.3 Å². The Bertz CT molecular complexity index is 605. The van der Waals surface area contributed by atoms with Crippen molar-refractivity contribution in [3.05, 3.63) is 29.8 Å².